The summed E-state index contributed by atoms with van der Waals surface area (Å²) in [6.45, 7) is 21.7. The molecule has 28 heavy (non-hydrogen) atoms. The molecule has 0 aliphatic rings. The van der Waals surface area contributed by atoms with E-state index >= 15 is 0 Å². The lowest BCUT2D eigenvalue weighted by Gasteiger charge is -2.29. The van der Waals surface area contributed by atoms with E-state index in [-0.39, 0.29) is 5.54 Å². The van der Waals surface area contributed by atoms with E-state index in [1.807, 2.05) is 0 Å². The van der Waals surface area contributed by atoms with Crippen molar-refractivity contribution in [2.45, 2.75) is 112 Å². The Balaban J connectivity index is 3.83. The van der Waals surface area contributed by atoms with Crippen LogP contribution in [0.3, 0.4) is 0 Å². The Kier molecular flexibility index (Phi) is 15.6. The van der Waals surface area contributed by atoms with E-state index in [0.29, 0.717) is 30.6 Å². The molecular formula is C24H52N2O2. The predicted octanol–water partition coefficient (Wildman–Crippen LogP) is 5.39. The SMILES string of the molecule is CC(C)CC(C)(C)NCCC(C)CC(C)OCCC(C)CC(C)OCCCN. The molecule has 3 N–H and O–H groups in total. The van der Waals surface area contributed by atoms with Crippen LogP contribution in [0.25, 0.3) is 0 Å². The van der Waals surface area contributed by atoms with Crippen LogP contribution >= 0.6 is 0 Å². The van der Waals surface area contributed by atoms with E-state index < -0.39 is 0 Å². The molecule has 0 aliphatic heterocycles. The highest BCUT2D eigenvalue weighted by Crippen LogP contribution is 2.18. The molecular weight excluding hydrogens is 348 g/mol. The lowest BCUT2D eigenvalue weighted by Crippen LogP contribution is -2.41. The Bertz CT molecular complexity index is 361. The highest BCUT2D eigenvalue weighted by molar-refractivity contribution is 4.79. The fourth-order valence-electron chi connectivity index (χ4n) is 4.09. The zero-order chi connectivity index (χ0) is 21.6. The average molecular weight is 401 g/mol. The quantitative estimate of drug-likeness (QED) is 0.303. The van der Waals surface area contributed by atoms with Crippen molar-refractivity contribution in [3.8, 4) is 0 Å². The summed E-state index contributed by atoms with van der Waals surface area (Å²) in [4.78, 5) is 0. The standard InChI is InChI=1S/C24H52N2O2/c1-19(2)18-24(7,8)26-13-10-20(3)16-23(6)28-15-11-21(4)17-22(5)27-14-9-12-25/h19-23,26H,9-18,25H2,1-8H3. The zero-order valence-corrected chi connectivity index (χ0v) is 20.4. The van der Waals surface area contributed by atoms with Gasteiger partial charge in [0.25, 0.3) is 0 Å². The van der Waals surface area contributed by atoms with Crippen molar-refractivity contribution in [1.29, 1.82) is 0 Å². The smallest absolute Gasteiger partial charge is 0.0549 e. The molecule has 0 amide bonds. The van der Waals surface area contributed by atoms with E-state index in [2.05, 4.69) is 60.7 Å². The van der Waals surface area contributed by atoms with Gasteiger partial charge in [-0.05, 0) is 97.1 Å². The lowest BCUT2D eigenvalue weighted by atomic mass is 9.92. The largest absolute Gasteiger partial charge is 0.378 e. The van der Waals surface area contributed by atoms with Gasteiger partial charge in [0.05, 0.1) is 12.2 Å². The molecule has 0 bridgehead atoms. The summed E-state index contributed by atoms with van der Waals surface area (Å²) in [6, 6.07) is 0. The minimum Gasteiger partial charge on any atom is -0.378 e. The van der Waals surface area contributed by atoms with Gasteiger partial charge >= 0.3 is 0 Å². The Morgan fingerprint density at radius 2 is 1.36 bits per heavy atom. The van der Waals surface area contributed by atoms with Gasteiger partial charge in [0.15, 0.2) is 0 Å². The van der Waals surface area contributed by atoms with Gasteiger partial charge in [-0.25, -0.2) is 0 Å². The summed E-state index contributed by atoms with van der Waals surface area (Å²) in [5, 5.41) is 3.73. The van der Waals surface area contributed by atoms with Crippen molar-refractivity contribution < 1.29 is 9.47 Å². The first-order valence-electron chi connectivity index (χ1n) is 11.7. The average Bonchev–Trinajstić information content (AvgIpc) is 2.53. The van der Waals surface area contributed by atoms with Crippen LogP contribution in [0.2, 0.25) is 0 Å². The van der Waals surface area contributed by atoms with E-state index in [1.54, 1.807) is 0 Å². The van der Waals surface area contributed by atoms with Gasteiger partial charge in [0.1, 0.15) is 0 Å². The van der Waals surface area contributed by atoms with Gasteiger partial charge in [-0.2, -0.15) is 0 Å². The maximum absolute atomic E-state index is 6.09. The van der Waals surface area contributed by atoms with Gasteiger partial charge < -0.3 is 20.5 Å². The highest BCUT2D eigenvalue weighted by atomic mass is 16.5. The molecule has 0 aromatic rings. The zero-order valence-electron chi connectivity index (χ0n) is 20.4. The number of hydrogen-bond donors (Lipinski definition) is 2. The van der Waals surface area contributed by atoms with Crippen LogP contribution in [0.1, 0.15) is 93.9 Å². The van der Waals surface area contributed by atoms with Crippen LogP contribution in [0, 0.1) is 17.8 Å². The molecule has 0 radical (unpaired) electrons. The minimum atomic E-state index is 0.233. The van der Waals surface area contributed by atoms with Crippen LogP contribution in [0.15, 0.2) is 0 Å². The van der Waals surface area contributed by atoms with Crippen LogP contribution in [0.5, 0.6) is 0 Å². The Morgan fingerprint density at radius 3 is 1.89 bits per heavy atom. The molecule has 0 aromatic heterocycles. The predicted molar refractivity (Wildman–Crippen MR) is 123 cm³/mol. The number of ether oxygens (including phenoxy) is 2. The maximum atomic E-state index is 6.09. The third-order valence-electron chi connectivity index (χ3n) is 5.39. The van der Waals surface area contributed by atoms with Crippen molar-refractivity contribution >= 4 is 0 Å². The van der Waals surface area contributed by atoms with Crippen molar-refractivity contribution in [3.05, 3.63) is 0 Å². The molecule has 4 heteroatoms. The van der Waals surface area contributed by atoms with E-state index in [9.17, 15) is 0 Å². The molecule has 0 saturated heterocycles. The summed E-state index contributed by atoms with van der Waals surface area (Å²) < 4.78 is 11.9. The summed E-state index contributed by atoms with van der Waals surface area (Å²) in [5.74, 6) is 2.05. The molecule has 0 aromatic carbocycles. The highest BCUT2D eigenvalue weighted by Gasteiger charge is 2.19. The molecule has 0 saturated carbocycles. The van der Waals surface area contributed by atoms with Crippen molar-refractivity contribution in [2.75, 3.05) is 26.3 Å². The maximum Gasteiger partial charge on any atom is 0.0549 e. The first kappa shape index (κ1) is 27.8. The van der Waals surface area contributed by atoms with E-state index in [1.165, 1.54) is 12.8 Å². The third kappa shape index (κ3) is 16.8. The Hall–Kier alpha value is -0.160. The molecule has 0 rings (SSSR count). The van der Waals surface area contributed by atoms with Crippen LogP contribution < -0.4 is 11.1 Å². The normalized spacial score (nSPS) is 16.9. The van der Waals surface area contributed by atoms with Gasteiger partial charge in [0, 0.05) is 18.8 Å². The molecule has 4 nitrogen and oxygen atoms in total. The summed E-state index contributed by atoms with van der Waals surface area (Å²) in [6.07, 6.45) is 7.36. The topological polar surface area (TPSA) is 56.5 Å². The number of nitrogens with two attached hydrogens (primary N) is 1. The number of rotatable bonds is 18. The van der Waals surface area contributed by atoms with Gasteiger partial charge in [0.2, 0.25) is 0 Å². The van der Waals surface area contributed by atoms with E-state index in [0.717, 1.165) is 51.4 Å². The van der Waals surface area contributed by atoms with Gasteiger partial charge in [-0.3, -0.25) is 0 Å². The molecule has 0 aliphatic carbocycles. The molecule has 4 atom stereocenters. The monoisotopic (exact) mass is 400 g/mol. The lowest BCUT2D eigenvalue weighted by molar-refractivity contribution is 0.0264. The summed E-state index contributed by atoms with van der Waals surface area (Å²) in [5.41, 5.74) is 5.74. The second-order valence-electron chi connectivity index (χ2n) is 10.2. The van der Waals surface area contributed by atoms with Gasteiger partial charge in [-0.1, -0.05) is 27.7 Å². The molecule has 0 fully saturated rings. The molecule has 0 heterocycles. The fraction of sp³-hybridized carbons (Fsp3) is 1.00. The van der Waals surface area contributed by atoms with Gasteiger partial charge in [-0.15, -0.1) is 0 Å². The van der Waals surface area contributed by atoms with Crippen molar-refractivity contribution in [2.24, 2.45) is 23.5 Å². The summed E-state index contributed by atoms with van der Waals surface area (Å²) in [7, 11) is 0. The minimum absolute atomic E-state index is 0.233. The second kappa shape index (κ2) is 15.6. The van der Waals surface area contributed by atoms with E-state index in [4.69, 9.17) is 15.2 Å². The number of hydrogen-bond acceptors (Lipinski definition) is 4. The van der Waals surface area contributed by atoms with Crippen molar-refractivity contribution in [3.63, 3.8) is 0 Å². The van der Waals surface area contributed by atoms with Crippen LogP contribution in [-0.4, -0.2) is 44.1 Å². The Morgan fingerprint density at radius 1 is 0.821 bits per heavy atom. The first-order chi connectivity index (χ1) is 13.1. The van der Waals surface area contributed by atoms with Crippen LogP contribution in [0.4, 0.5) is 0 Å². The number of nitrogens with one attached hydrogen (secondary N) is 1. The molecule has 170 valence electrons. The summed E-state index contributed by atoms with van der Waals surface area (Å²) >= 11 is 0. The Labute approximate surface area is 176 Å². The molecule has 4 unspecified atom stereocenters. The second-order valence-corrected chi connectivity index (χ2v) is 10.2. The first-order valence-corrected chi connectivity index (χ1v) is 11.7. The third-order valence-corrected chi connectivity index (χ3v) is 5.39. The fourth-order valence-corrected chi connectivity index (χ4v) is 4.09. The molecule has 0 spiro atoms. The van der Waals surface area contributed by atoms with Crippen LogP contribution in [-0.2, 0) is 9.47 Å². The van der Waals surface area contributed by atoms with Crippen molar-refractivity contribution in [1.82, 2.24) is 5.32 Å².